The second kappa shape index (κ2) is 7.27. The van der Waals surface area contributed by atoms with E-state index < -0.39 is 10.0 Å². The van der Waals surface area contributed by atoms with E-state index in [0.29, 0.717) is 33.7 Å². The molecule has 0 N–H and O–H groups in total. The maximum absolute atomic E-state index is 13.3. The zero-order chi connectivity index (χ0) is 20.8. The van der Waals surface area contributed by atoms with Crippen LogP contribution in [0.5, 0.6) is 11.5 Å². The minimum absolute atomic E-state index is 0.117. The Morgan fingerprint density at radius 1 is 1.21 bits per heavy atom. The van der Waals surface area contributed by atoms with Crippen molar-refractivity contribution in [3.63, 3.8) is 0 Å². The Bertz CT molecular complexity index is 1170. The summed E-state index contributed by atoms with van der Waals surface area (Å²) in [5.41, 5.74) is 2.64. The summed E-state index contributed by atoms with van der Waals surface area (Å²) in [6, 6.07) is 9.62. The second-order valence-electron chi connectivity index (χ2n) is 6.60. The van der Waals surface area contributed by atoms with Crippen LogP contribution >= 0.6 is 11.6 Å². The maximum atomic E-state index is 13.3. The molecule has 9 heteroatoms. The minimum Gasteiger partial charge on any atom is -0.496 e. The average Bonchev–Trinajstić information content (AvgIpc) is 3.04. The molecular weight excluding hydrogens is 416 g/mol. The molecule has 7 nitrogen and oxygen atoms in total. The van der Waals surface area contributed by atoms with Crippen LogP contribution in [0.25, 0.3) is 11.1 Å². The SMILES string of the molecule is COc1cc2c(cc1-c1c(C)noc1C)OCCN2S(=O)(=O)c1cccc(Cl)c1. The van der Waals surface area contributed by atoms with Crippen molar-refractivity contribution < 1.29 is 22.4 Å². The Hall–Kier alpha value is -2.71. The van der Waals surface area contributed by atoms with Crippen LogP contribution in [-0.4, -0.2) is 33.8 Å². The van der Waals surface area contributed by atoms with Crippen LogP contribution in [0.3, 0.4) is 0 Å². The monoisotopic (exact) mass is 434 g/mol. The maximum Gasteiger partial charge on any atom is 0.264 e. The number of fused-ring (bicyclic) bond motifs is 1. The number of methoxy groups -OCH3 is 1. The van der Waals surface area contributed by atoms with Crippen molar-refractivity contribution in [2.24, 2.45) is 0 Å². The van der Waals surface area contributed by atoms with Gasteiger partial charge in [0.05, 0.1) is 35.5 Å². The molecule has 4 rings (SSSR count). The van der Waals surface area contributed by atoms with Crippen LogP contribution in [-0.2, 0) is 10.0 Å². The quantitative estimate of drug-likeness (QED) is 0.611. The van der Waals surface area contributed by atoms with Crippen molar-refractivity contribution >= 4 is 27.3 Å². The molecule has 1 aliphatic rings. The van der Waals surface area contributed by atoms with Gasteiger partial charge in [-0.05, 0) is 38.1 Å². The predicted octanol–water partition coefficient (Wildman–Crippen LogP) is 4.21. The summed E-state index contributed by atoms with van der Waals surface area (Å²) in [7, 11) is -2.29. The van der Waals surface area contributed by atoms with Crippen LogP contribution in [0.4, 0.5) is 5.69 Å². The number of hydrogen-bond acceptors (Lipinski definition) is 6. The van der Waals surface area contributed by atoms with Gasteiger partial charge in [0.1, 0.15) is 23.9 Å². The van der Waals surface area contributed by atoms with E-state index in [0.717, 1.165) is 11.1 Å². The molecule has 0 spiro atoms. The smallest absolute Gasteiger partial charge is 0.264 e. The molecule has 1 aliphatic heterocycles. The third-order valence-corrected chi connectivity index (χ3v) is 6.83. The number of benzene rings is 2. The highest BCUT2D eigenvalue weighted by atomic mass is 35.5. The minimum atomic E-state index is -3.82. The summed E-state index contributed by atoms with van der Waals surface area (Å²) in [6.45, 7) is 4.04. The fourth-order valence-corrected chi connectivity index (χ4v) is 5.21. The van der Waals surface area contributed by atoms with E-state index in [9.17, 15) is 8.42 Å². The standard InChI is InChI=1S/C20H19ClN2O5S/c1-12-20(13(2)28-22-12)16-10-19-17(11-18(16)26-3)23(7-8-27-19)29(24,25)15-6-4-5-14(21)9-15/h4-6,9-11H,7-8H2,1-3H3. The Balaban J connectivity index is 1.87. The number of hydrogen-bond donors (Lipinski definition) is 0. The number of halogens is 1. The van der Waals surface area contributed by atoms with Gasteiger partial charge in [-0.3, -0.25) is 4.31 Å². The van der Waals surface area contributed by atoms with E-state index in [2.05, 4.69) is 5.16 Å². The Morgan fingerprint density at radius 3 is 2.66 bits per heavy atom. The summed E-state index contributed by atoms with van der Waals surface area (Å²) in [5.74, 6) is 1.58. The van der Waals surface area contributed by atoms with Crippen molar-refractivity contribution in [3.8, 4) is 22.6 Å². The lowest BCUT2D eigenvalue weighted by Crippen LogP contribution is -2.38. The molecular formula is C20H19ClN2O5S. The lowest BCUT2D eigenvalue weighted by Gasteiger charge is -2.31. The molecule has 0 fully saturated rings. The topological polar surface area (TPSA) is 81.9 Å². The number of aromatic nitrogens is 1. The molecule has 2 heterocycles. The molecule has 152 valence electrons. The lowest BCUT2D eigenvalue weighted by molar-refractivity contribution is 0.315. The summed E-state index contributed by atoms with van der Waals surface area (Å²) < 4.78 is 44.5. The first-order valence-electron chi connectivity index (χ1n) is 8.89. The Labute approximate surface area is 173 Å². The molecule has 1 aromatic heterocycles. The van der Waals surface area contributed by atoms with Gasteiger partial charge in [-0.2, -0.15) is 0 Å². The van der Waals surface area contributed by atoms with E-state index in [1.165, 1.54) is 23.5 Å². The van der Waals surface area contributed by atoms with Crippen molar-refractivity contribution in [3.05, 3.63) is 52.9 Å². The number of anilines is 1. The number of ether oxygens (including phenoxy) is 2. The van der Waals surface area contributed by atoms with Crippen LogP contribution in [0.1, 0.15) is 11.5 Å². The molecule has 0 saturated heterocycles. The third-order valence-electron chi connectivity index (χ3n) is 4.79. The molecule has 0 aliphatic carbocycles. The largest absolute Gasteiger partial charge is 0.496 e. The normalized spacial score (nSPS) is 13.7. The van der Waals surface area contributed by atoms with Crippen LogP contribution < -0.4 is 13.8 Å². The molecule has 0 radical (unpaired) electrons. The summed E-state index contributed by atoms with van der Waals surface area (Å²) >= 11 is 6.00. The summed E-state index contributed by atoms with van der Waals surface area (Å²) in [5, 5.41) is 4.34. The van der Waals surface area contributed by atoms with E-state index in [1.54, 1.807) is 24.3 Å². The van der Waals surface area contributed by atoms with Crippen molar-refractivity contribution in [1.29, 1.82) is 0 Å². The molecule has 0 bridgehead atoms. The lowest BCUT2D eigenvalue weighted by atomic mass is 10.0. The highest BCUT2D eigenvalue weighted by Crippen LogP contribution is 2.45. The fourth-order valence-electron chi connectivity index (χ4n) is 3.45. The first-order chi connectivity index (χ1) is 13.8. The molecule has 2 aromatic carbocycles. The number of sulfonamides is 1. The second-order valence-corrected chi connectivity index (χ2v) is 8.90. The van der Waals surface area contributed by atoms with Gasteiger partial charge in [-0.15, -0.1) is 0 Å². The number of nitrogens with zero attached hydrogens (tertiary/aromatic N) is 2. The van der Waals surface area contributed by atoms with Crippen LogP contribution in [0, 0.1) is 13.8 Å². The first-order valence-corrected chi connectivity index (χ1v) is 10.7. The zero-order valence-electron chi connectivity index (χ0n) is 16.1. The zero-order valence-corrected chi connectivity index (χ0v) is 17.7. The molecule has 29 heavy (non-hydrogen) atoms. The number of aryl methyl sites for hydroxylation is 2. The van der Waals surface area contributed by atoms with Crippen molar-refractivity contribution in [2.75, 3.05) is 24.6 Å². The third kappa shape index (κ3) is 3.32. The number of rotatable bonds is 4. The van der Waals surface area contributed by atoms with Gasteiger partial charge >= 0.3 is 0 Å². The van der Waals surface area contributed by atoms with Gasteiger partial charge < -0.3 is 14.0 Å². The van der Waals surface area contributed by atoms with Crippen molar-refractivity contribution in [2.45, 2.75) is 18.7 Å². The van der Waals surface area contributed by atoms with Crippen LogP contribution in [0.15, 0.2) is 45.8 Å². The van der Waals surface area contributed by atoms with Gasteiger partial charge in [-0.1, -0.05) is 22.8 Å². The molecule has 0 unspecified atom stereocenters. The molecule has 3 aromatic rings. The molecule has 0 saturated carbocycles. The van der Waals surface area contributed by atoms with E-state index in [4.69, 9.17) is 25.6 Å². The highest BCUT2D eigenvalue weighted by Gasteiger charge is 2.32. The van der Waals surface area contributed by atoms with Gasteiger partial charge in [0.15, 0.2) is 0 Å². The fraction of sp³-hybridized carbons (Fsp3) is 0.250. The molecule has 0 amide bonds. The van der Waals surface area contributed by atoms with Crippen molar-refractivity contribution in [1.82, 2.24) is 5.16 Å². The summed E-state index contributed by atoms with van der Waals surface area (Å²) in [6.07, 6.45) is 0. The summed E-state index contributed by atoms with van der Waals surface area (Å²) in [4.78, 5) is 0.117. The van der Waals surface area contributed by atoms with Crippen LogP contribution in [0.2, 0.25) is 5.02 Å². The Morgan fingerprint density at radius 2 is 2.00 bits per heavy atom. The van der Waals surface area contributed by atoms with Gasteiger partial charge in [0, 0.05) is 16.7 Å². The highest BCUT2D eigenvalue weighted by molar-refractivity contribution is 7.92. The van der Waals surface area contributed by atoms with Gasteiger partial charge in [0.25, 0.3) is 10.0 Å². The van der Waals surface area contributed by atoms with E-state index in [1.807, 2.05) is 13.8 Å². The van der Waals surface area contributed by atoms with Gasteiger partial charge in [0.2, 0.25) is 0 Å². The van der Waals surface area contributed by atoms with E-state index >= 15 is 0 Å². The van der Waals surface area contributed by atoms with Gasteiger partial charge in [-0.25, -0.2) is 8.42 Å². The molecule has 0 atom stereocenters. The predicted molar refractivity (Wildman–Crippen MR) is 109 cm³/mol. The van der Waals surface area contributed by atoms with E-state index in [-0.39, 0.29) is 18.0 Å². The first kappa shape index (κ1) is 19.6. The Kier molecular flexibility index (Phi) is 4.92. The average molecular weight is 435 g/mol.